The maximum Gasteiger partial charge on any atom is 0.333 e. The van der Waals surface area contributed by atoms with Crippen molar-refractivity contribution in [3.8, 4) is 0 Å². The Balaban J connectivity index is 3.16. The van der Waals surface area contributed by atoms with Gasteiger partial charge in [-0.15, -0.1) is 0 Å². The van der Waals surface area contributed by atoms with Crippen LogP contribution in [-0.4, -0.2) is 16.6 Å². The van der Waals surface area contributed by atoms with Crippen LogP contribution in [0.1, 0.15) is 40.5 Å². The highest BCUT2D eigenvalue weighted by molar-refractivity contribution is 9.10. The molecule has 0 aliphatic carbocycles. The number of carboxylic acid groups (broad SMARTS) is 1. The van der Waals surface area contributed by atoms with E-state index in [4.69, 9.17) is 0 Å². The number of azo groups is 1. The lowest BCUT2D eigenvalue weighted by atomic mass is 9.82. The third-order valence-electron chi connectivity index (χ3n) is 3.09. The highest BCUT2D eigenvalue weighted by atomic mass is 79.9. The van der Waals surface area contributed by atoms with Gasteiger partial charge in [0, 0.05) is 4.47 Å². The molecular weight excluding hydrogens is 332 g/mol. The molecule has 0 spiro atoms. The lowest BCUT2D eigenvalue weighted by molar-refractivity contribution is -0.144. The summed E-state index contributed by atoms with van der Waals surface area (Å²) in [6.45, 7) is 8.02. The average molecular weight is 355 g/mol. The van der Waals surface area contributed by atoms with Crippen molar-refractivity contribution in [2.24, 2.45) is 22.1 Å². The van der Waals surface area contributed by atoms with Crippen LogP contribution in [0.15, 0.2) is 39.0 Å². The number of aliphatic carboxylic acids is 1. The van der Waals surface area contributed by atoms with E-state index in [1.807, 2.05) is 52.0 Å². The fourth-order valence-corrected chi connectivity index (χ4v) is 2.78. The molecule has 1 aromatic carbocycles. The second-order valence-corrected chi connectivity index (χ2v) is 7.04. The van der Waals surface area contributed by atoms with Crippen molar-refractivity contribution in [2.45, 2.75) is 46.1 Å². The molecule has 0 fully saturated rings. The second-order valence-electron chi connectivity index (χ2n) is 6.18. The van der Waals surface area contributed by atoms with Gasteiger partial charge in [-0.2, -0.15) is 10.2 Å². The van der Waals surface area contributed by atoms with Gasteiger partial charge in [0.15, 0.2) is 5.54 Å². The monoisotopic (exact) mass is 354 g/mol. The van der Waals surface area contributed by atoms with Crippen LogP contribution in [-0.2, 0) is 4.79 Å². The van der Waals surface area contributed by atoms with Crippen molar-refractivity contribution in [1.29, 1.82) is 0 Å². The van der Waals surface area contributed by atoms with E-state index in [1.54, 1.807) is 0 Å². The summed E-state index contributed by atoms with van der Waals surface area (Å²) in [5, 5.41) is 18.2. The normalized spacial score (nSPS) is 12.5. The van der Waals surface area contributed by atoms with Crippen LogP contribution in [0, 0.1) is 11.8 Å². The first-order chi connectivity index (χ1) is 9.77. The van der Waals surface area contributed by atoms with E-state index in [2.05, 4.69) is 26.2 Å². The number of halogens is 1. The van der Waals surface area contributed by atoms with E-state index in [0.717, 1.165) is 4.47 Å². The lowest BCUT2D eigenvalue weighted by Gasteiger charge is -2.27. The third kappa shape index (κ3) is 5.23. The standard InChI is InChI=1S/C16H23BrN2O2/c1-11(2)9-16(15(20)21,10-12(3)4)19-18-14-8-6-5-7-13(14)17/h5-8,11-12H,9-10H2,1-4H3,(H,20,21). The quantitative estimate of drug-likeness (QED) is 0.661. The molecule has 0 radical (unpaired) electrons. The third-order valence-corrected chi connectivity index (χ3v) is 3.76. The summed E-state index contributed by atoms with van der Waals surface area (Å²) in [5.74, 6) is -0.434. The van der Waals surface area contributed by atoms with Gasteiger partial charge >= 0.3 is 5.97 Å². The van der Waals surface area contributed by atoms with Gasteiger partial charge in [0.2, 0.25) is 0 Å². The van der Waals surface area contributed by atoms with Crippen LogP contribution >= 0.6 is 15.9 Å². The van der Waals surface area contributed by atoms with Crippen LogP contribution in [0.25, 0.3) is 0 Å². The van der Waals surface area contributed by atoms with Crippen LogP contribution in [0.2, 0.25) is 0 Å². The maximum atomic E-state index is 11.8. The topological polar surface area (TPSA) is 62.0 Å². The maximum absolute atomic E-state index is 11.8. The summed E-state index contributed by atoms with van der Waals surface area (Å²) < 4.78 is 0.808. The molecule has 0 amide bonds. The molecule has 116 valence electrons. The molecule has 0 saturated carbocycles. The van der Waals surface area contributed by atoms with Crippen molar-refractivity contribution in [3.05, 3.63) is 28.7 Å². The summed E-state index contributed by atoms with van der Waals surface area (Å²) in [5.41, 5.74) is -0.506. The van der Waals surface area contributed by atoms with E-state index in [1.165, 1.54) is 0 Å². The molecule has 4 nitrogen and oxygen atoms in total. The Hall–Kier alpha value is -1.23. The molecule has 1 N–H and O–H groups in total. The second kappa shape index (κ2) is 7.69. The summed E-state index contributed by atoms with van der Waals surface area (Å²) in [7, 11) is 0. The summed E-state index contributed by atoms with van der Waals surface area (Å²) >= 11 is 3.40. The van der Waals surface area contributed by atoms with Gasteiger partial charge in [-0.05, 0) is 52.7 Å². The Morgan fingerprint density at radius 3 is 2.14 bits per heavy atom. The van der Waals surface area contributed by atoms with Gasteiger partial charge in [-0.3, -0.25) is 0 Å². The molecule has 0 atom stereocenters. The predicted molar refractivity (Wildman–Crippen MR) is 87.9 cm³/mol. The average Bonchev–Trinajstić information content (AvgIpc) is 2.35. The summed E-state index contributed by atoms with van der Waals surface area (Å²) in [6, 6.07) is 7.41. The van der Waals surface area contributed by atoms with Crippen molar-refractivity contribution in [3.63, 3.8) is 0 Å². The van der Waals surface area contributed by atoms with Gasteiger partial charge in [-0.1, -0.05) is 39.8 Å². The Morgan fingerprint density at radius 1 is 1.19 bits per heavy atom. The van der Waals surface area contributed by atoms with E-state index in [-0.39, 0.29) is 11.8 Å². The zero-order valence-electron chi connectivity index (χ0n) is 13.0. The minimum Gasteiger partial charge on any atom is -0.479 e. The SMILES string of the molecule is CC(C)CC(CC(C)C)(N=Nc1ccccc1Br)C(=O)O. The Bertz CT molecular complexity index is 503. The van der Waals surface area contributed by atoms with Crippen LogP contribution < -0.4 is 0 Å². The van der Waals surface area contributed by atoms with Gasteiger partial charge in [0.05, 0.1) is 5.69 Å². The van der Waals surface area contributed by atoms with Crippen molar-refractivity contribution in [2.75, 3.05) is 0 Å². The molecule has 0 bridgehead atoms. The van der Waals surface area contributed by atoms with Crippen LogP contribution in [0.3, 0.4) is 0 Å². The molecule has 0 aliphatic rings. The van der Waals surface area contributed by atoms with Gasteiger partial charge in [-0.25, -0.2) is 4.79 Å². The Labute approximate surface area is 134 Å². The molecular formula is C16H23BrN2O2. The number of carboxylic acids is 1. The Morgan fingerprint density at radius 2 is 1.71 bits per heavy atom. The number of nitrogens with zero attached hydrogens (tertiary/aromatic N) is 2. The van der Waals surface area contributed by atoms with Crippen LogP contribution in [0.4, 0.5) is 5.69 Å². The van der Waals surface area contributed by atoms with E-state index in [9.17, 15) is 9.90 Å². The number of carbonyl (C=O) groups is 1. The molecule has 0 unspecified atom stereocenters. The Kier molecular flexibility index (Phi) is 6.52. The molecule has 1 rings (SSSR count). The zero-order valence-corrected chi connectivity index (χ0v) is 14.6. The van der Waals surface area contributed by atoms with Gasteiger partial charge < -0.3 is 5.11 Å². The largest absolute Gasteiger partial charge is 0.479 e. The highest BCUT2D eigenvalue weighted by Crippen LogP contribution is 2.33. The number of hydrogen-bond acceptors (Lipinski definition) is 3. The van der Waals surface area contributed by atoms with Crippen LogP contribution in [0.5, 0.6) is 0 Å². The zero-order chi connectivity index (χ0) is 16.0. The van der Waals surface area contributed by atoms with E-state index >= 15 is 0 Å². The minimum absolute atomic E-state index is 0.234. The number of benzene rings is 1. The summed E-state index contributed by atoms with van der Waals surface area (Å²) in [6.07, 6.45) is 0.961. The number of hydrogen-bond donors (Lipinski definition) is 1. The first kappa shape index (κ1) is 17.8. The molecule has 0 heterocycles. The molecule has 21 heavy (non-hydrogen) atoms. The predicted octanol–water partition coefficient (Wildman–Crippen LogP) is 5.45. The minimum atomic E-state index is -1.16. The number of rotatable bonds is 7. The molecule has 5 heteroatoms. The van der Waals surface area contributed by atoms with Gasteiger partial charge in [0.1, 0.15) is 0 Å². The molecule has 0 aromatic heterocycles. The molecule has 0 saturated heterocycles. The summed E-state index contributed by atoms with van der Waals surface area (Å²) in [4.78, 5) is 11.8. The van der Waals surface area contributed by atoms with E-state index < -0.39 is 11.5 Å². The highest BCUT2D eigenvalue weighted by Gasteiger charge is 2.40. The lowest BCUT2D eigenvalue weighted by Crippen LogP contribution is -2.39. The molecule has 0 aliphatic heterocycles. The van der Waals surface area contributed by atoms with Gasteiger partial charge in [0.25, 0.3) is 0 Å². The fourth-order valence-electron chi connectivity index (χ4n) is 2.42. The first-order valence-corrected chi connectivity index (χ1v) is 7.97. The fraction of sp³-hybridized carbons (Fsp3) is 0.562. The first-order valence-electron chi connectivity index (χ1n) is 7.17. The van der Waals surface area contributed by atoms with Crippen molar-refractivity contribution >= 4 is 27.6 Å². The van der Waals surface area contributed by atoms with Crippen molar-refractivity contribution in [1.82, 2.24) is 0 Å². The van der Waals surface area contributed by atoms with E-state index in [0.29, 0.717) is 18.5 Å². The smallest absolute Gasteiger partial charge is 0.333 e. The van der Waals surface area contributed by atoms with Crippen molar-refractivity contribution < 1.29 is 9.90 Å². The molecule has 1 aromatic rings.